The number of halogens is 3. The summed E-state index contributed by atoms with van der Waals surface area (Å²) in [6.07, 6.45) is 0. The number of nitriles is 1. The van der Waals surface area contributed by atoms with Crippen LogP contribution < -0.4 is 4.72 Å². The van der Waals surface area contributed by atoms with Crippen LogP contribution >= 0.6 is 11.8 Å². The van der Waals surface area contributed by atoms with Gasteiger partial charge in [0.1, 0.15) is 0 Å². The molecule has 0 bridgehead atoms. The minimum Gasteiger partial charge on any atom is -0.213 e. The van der Waals surface area contributed by atoms with E-state index in [-0.39, 0.29) is 18.3 Å². The van der Waals surface area contributed by atoms with E-state index in [1.54, 1.807) is 0 Å². The van der Waals surface area contributed by atoms with Crippen LogP contribution in [0.1, 0.15) is 6.92 Å². The number of nitrogens with zero attached hydrogens (tertiary/aromatic N) is 1. The first-order chi connectivity index (χ1) is 6.69. The average molecular weight is 262 g/mol. The van der Waals surface area contributed by atoms with Crippen LogP contribution in [-0.4, -0.2) is 31.5 Å². The highest BCUT2D eigenvalue weighted by Gasteiger charge is 2.28. The molecule has 15 heavy (non-hydrogen) atoms. The summed E-state index contributed by atoms with van der Waals surface area (Å²) in [4.78, 5) is 0. The quantitative estimate of drug-likeness (QED) is 0.752. The highest BCUT2D eigenvalue weighted by molar-refractivity contribution is 8.00. The van der Waals surface area contributed by atoms with Gasteiger partial charge in [-0.15, -0.1) is 0 Å². The van der Waals surface area contributed by atoms with E-state index < -0.39 is 26.5 Å². The van der Waals surface area contributed by atoms with Crippen LogP contribution in [0.5, 0.6) is 0 Å². The van der Waals surface area contributed by atoms with Crippen LogP contribution in [0.25, 0.3) is 0 Å². The van der Waals surface area contributed by atoms with Crippen molar-refractivity contribution in [1.29, 1.82) is 5.26 Å². The molecule has 0 amide bonds. The molecule has 1 unspecified atom stereocenters. The molecule has 1 atom stereocenters. The smallest absolute Gasteiger partial charge is 0.213 e. The van der Waals surface area contributed by atoms with Gasteiger partial charge in [-0.25, -0.2) is 13.1 Å². The van der Waals surface area contributed by atoms with Gasteiger partial charge < -0.3 is 0 Å². The van der Waals surface area contributed by atoms with Gasteiger partial charge in [0, 0.05) is 12.3 Å². The van der Waals surface area contributed by atoms with Gasteiger partial charge >= 0.3 is 5.51 Å². The van der Waals surface area contributed by atoms with Crippen molar-refractivity contribution >= 4 is 21.8 Å². The number of nitrogens with one attached hydrogen (secondary N) is 1. The lowest BCUT2D eigenvalue weighted by molar-refractivity contribution is -0.0327. The van der Waals surface area contributed by atoms with Crippen molar-refractivity contribution in [2.75, 3.05) is 12.3 Å². The van der Waals surface area contributed by atoms with Gasteiger partial charge in [0.2, 0.25) is 10.0 Å². The molecule has 88 valence electrons. The fraction of sp³-hybridized carbons (Fsp3) is 0.833. The van der Waals surface area contributed by atoms with Crippen molar-refractivity contribution in [1.82, 2.24) is 4.72 Å². The van der Waals surface area contributed by atoms with E-state index >= 15 is 0 Å². The Kier molecular flexibility index (Phi) is 5.41. The van der Waals surface area contributed by atoms with Crippen LogP contribution in [0.3, 0.4) is 0 Å². The monoisotopic (exact) mass is 262 g/mol. The molecule has 0 aliphatic rings. The molecule has 9 heteroatoms. The topological polar surface area (TPSA) is 70.0 Å². The van der Waals surface area contributed by atoms with Gasteiger partial charge in [-0.2, -0.15) is 18.4 Å². The maximum atomic E-state index is 11.6. The van der Waals surface area contributed by atoms with Crippen molar-refractivity contribution in [2.24, 2.45) is 0 Å². The third-order valence-corrected chi connectivity index (χ3v) is 3.70. The molecule has 0 radical (unpaired) electrons. The molecule has 1 N–H and O–H groups in total. The van der Waals surface area contributed by atoms with E-state index in [9.17, 15) is 21.6 Å². The fourth-order valence-electron chi connectivity index (χ4n) is 0.545. The van der Waals surface area contributed by atoms with E-state index in [0.717, 1.165) is 6.92 Å². The number of thioether (sulfide) groups is 1. The third kappa shape index (κ3) is 6.59. The molecule has 0 aromatic rings. The molecule has 0 heterocycles. The number of hydrogen-bond donors (Lipinski definition) is 1. The number of rotatable bonds is 5. The Labute approximate surface area is 89.9 Å². The molecule has 0 aliphatic carbocycles. The van der Waals surface area contributed by atoms with Gasteiger partial charge in [-0.3, -0.25) is 0 Å². The summed E-state index contributed by atoms with van der Waals surface area (Å²) in [5.41, 5.74) is -4.37. The number of hydrogen-bond acceptors (Lipinski definition) is 4. The second-order valence-electron chi connectivity index (χ2n) is 2.50. The van der Waals surface area contributed by atoms with E-state index in [2.05, 4.69) is 0 Å². The SMILES string of the molecule is CC(C#N)S(=O)(=O)NCCSC(F)(F)F. The summed E-state index contributed by atoms with van der Waals surface area (Å²) < 4.78 is 58.9. The highest BCUT2D eigenvalue weighted by atomic mass is 32.2. The molecule has 4 nitrogen and oxygen atoms in total. The average Bonchev–Trinajstić information content (AvgIpc) is 2.09. The van der Waals surface area contributed by atoms with Gasteiger partial charge in [-0.1, -0.05) is 0 Å². The van der Waals surface area contributed by atoms with Crippen molar-refractivity contribution < 1.29 is 21.6 Å². The summed E-state index contributed by atoms with van der Waals surface area (Å²) in [6, 6.07) is 1.48. The largest absolute Gasteiger partial charge is 0.441 e. The van der Waals surface area contributed by atoms with Crippen molar-refractivity contribution in [2.45, 2.75) is 17.7 Å². The third-order valence-electron chi connectivity index (χ3n) is 1.32. The standard InChI is InChI=1S/C6H9F3N2O2S2/c1-5(4-10)15(12,13)11-2-3-14-6(7,8)9/h5,11H,2-3H2,1H3. The minimum absolute atomic E-state index is 0.316. The molecule has 0 spiro atoms. The molecular formula is C6H9F3N2O2S2. The zero-order valence-corrected chi connectivity index (χ0v) is 9.34. The first-order valence-electron chi connectivity index (χ1n) is 3.78. The zero-order valence-electron chi connectivity index (χ0n) is 7.71. The predicted molar refractivity (Wildman–Crippen MR) is 50.5 cm³/mol. The summed E-state index contributed by atoms with van der Waals surface area (Å²) >= 11 is -0.316. The Morgan fingerprint density at radius 2 is 2.07 bits per heavy atom. The molecule has 0 saturated heterocycles. The Morgan fingerprint density at radius 1 is 1.53 bits per heavy atom. The van der Waals surface area contributed by atoms with E-state index in [0.29, 0.717) is 0 Å². The molecule has 0 saturated carbocycles. The maximum Gasteiger partial charge on any atom is 0.441 e. The Bertz CT molecular complexity index is 333. The molecule has 0 fully saturated rings. The summed E-state index contributed by atoms with van der Waals surface area (Å²) in [7, 11) is -3.82. The summed E-state index contributed by atoms with van der Waals surface area (Å²) in [6.45, 7) is 0.803. The van der Waals surface area contributed by atoms with E-state index in [1.807, 2.05) is 4.72 Å². The van der Waals surface area contributed by atoms with E-state index in [1.165, 1.54) is 6.07 Å². The maximum absolute atomic E-state index is 11.6. The second-order valence-corrected chi connectivity index (χ2v) is 5.75. The van der Waals surface area contributed by atoms with Crippen molar-refractivity contribution in [3.8, 4) is 6.07 Å². The highest BCUT2D eigenvalue weighted by Crippen LogP contribution is 2.29. The zero-order chi connectivity index (χ0) is 12.1. The fourth-order valence-corrected chi connectivity index (χ4v) is 1.89. The van der Waals surface area contributed by atoms with Crippen LogP contribution in [0.2, 0.25) is 0 Å². The second kappa shape index (κ2) is 5.58. The van der Waals surface area contributed by atoms with E-state index in [4.69, 9.17) is 5.26 Å². The Balaban J connectivity index is 3.94. The normalized spacial score (nSPS) is 14.6. The van der Waals surface area contributed by atoms with Crippen LogP contribution in [-0.2, 0) is 10.0 Å². The van der Waals surface area contributed by atoms with Crippen molar-refractivity contribution in [3.05, 3.63) is 0 Å². The molecular weight excluding hydrogens is 253 g/mol. The van der Waals surface area contributed by atoms with Crippen LogP contribution in [0.4, 0.5) is 13.2 Å². The molecule has 0 aromatic carbocycles. The summed E-state index contributed by atoms with van der Waals surface area (Å²) in [5, 5.41) is 7.03. The number of alkyl halides is 3. The molecule has 0 aromatic heterocycles. The summed E-state index contributed by atoms with van der Waals surface area (Å²) in [5.74, 6) is -0.416. The van der Waals surface area contributed by atoms with Crippen LogP contribution in [0, 0.1) is 11.3 Å². The predicted octanol–water partition coefficient (Wildman–Crippen LogP) is 1.07. The Hall–Kier alpha value is -0.460. The lowest BCUT2D eigenvalue weighted by Crippen LogP contribution is -2.33. The minimum atomic E-state index is -4.37. The van der Waals surface area contributed by atoms with Gasteiger partial charge in [0.25, 0.3) is 0 Å². The molecule has 0 rings (SSSR count). The van der Waals surface area contributed by atoms with Gasteiger partial charge in [0.15, 0.2) is 5.25 Å². The molecule has 0 aliphatic heterocycles. The van der Waals surface area contributed by atoms with Gasteiger partial charge in [-0.05, 0) is 18.7 Å². The first kappa shape index (κ1) is 14.5. The van der Waals surface area contributed by atoms with Crippen LogP contribution in [0.15, 0.2) is 0 Å². The van der Waals surface area contributed by atoms with Gasteiger partial charge in [0.05, 0.1) is 6.07 Å². The van der Waals surface area contributed by atoms with Crippen molar-refractivity contribution in [3.63, 3.8) is 0 Å². The first-order valence-corrected chi connectivity index (χ1v) is 6.31. The Morgan fingerprint density at radius 3 is 2.47 bits per heavy atom. The lowest BCUT2D eigenvalue weighted by atomic mass is 10.5. The lowest BCUT2D eigenvalue weighted by Gasteiger charge is -2.08. The number of sulfonamides is 1.